The first-order valence-electron chi connectivity index (χ1n) is 3.37. The Kier molecular flexibility index (Phi) is 1.51. The van der Waals surface area contributed by atoms with Gasteiger partial charge >= 0.3 is 0 Å². The van der Waals surface area contributed by atoms with E-state index >= 15 is 0 Å². The lowest BCUT2D eigenvalue weighted by atomic mass is 10.1. The lowest BCUT2D eigenvalue weighted by Crippen LogP contribution is -1.97. The molecule has 1 aromatic rings. The molecule has 1 atom stereocenters. The molecule has 0 aliphatic carbocycles. The van der Waals surface area contributed by atoms with Gasteiger partial charge in [-0.1, -0.05) is 11.6 Å². The summed E-state index contributed by atoms with van der Waals surface area (Å²) in [5, 5.41) is 9.95. The highest BCUT2D eigenvalue weighted by Crippen LogP contribution is 2.33. The Hall–Kier alpha value is -0.730. The number of hydrogen-bond acceptors (Lipinski definition) is 2. The molecule has 0 spiro atoms. The highest BCUT2D eigenvalue weighted by Gasteiger charge is 2.21. The van der Waals surface area contributed by atoms with Crippen molar-refractivity contribution in [1.29, 1.82) is 0 Å². The number of hydrogen-bond donors (Lipinski definition) is 1. The molecule has 1 N–H and O–H groups in total. The van der Waals surface area contributed by atoms with Crippen molar-refractivity contribution < 1.29 is 9.84 Å². The van der Waals surface area contributed by atoms with Gasteiger partial charge < -0.3 is 9.84 Å². The molecule has 0 radical (unpaired) electrons. The van der Waals surface area contributed by atoms with Crippen molar-refractivity contribution in [3.63, 3.8) is 0 Å². The van der Waals surface area contributed by atoms with Gasteiger partial charge in [0.1, 0.15) is 18.5 Å². The Morgan fingerprint density at radius 3 is 3.18 bits per heavy atom. The van der Waals surface area contributed by atoms with Crippen LogP contribution in [-0.2, 0) is 0 Å². The summed E-state index contributed by atoms with van der Waals surface area (Å²) < 4.78 is 5.16. The van der Waals surface area contributed by atoms with E-state index in [0.717, 1.165) is 11.3 Å². The number of aliphatic hydroxyl groups excluding tert-OH is 1. The zero-order valence-corrected chi connectivity index (χ0v) is 6.51. The van der Waals surface area contributed by atoms with Gasteiger partial charge in [-0.3, -0.25) is 0 Å². The summed E-state index contributed by atoms with van der Waals surface area (Å²) in [6.07, 6.45) is -0.510. The van der Waals surface area contributed by atoms with Crippen LogP contribution in [0.4, 0.5) is 0 Å². The van der Waals surface area contributed by atoms with Gasteiger partial charge in [0.05, 0.1) is 0 Å². The molecule has 0 saturated heterocycles. The van der Waals surface area contributed by atoms with Gasteiger partial charge in [-0.15, -0.1) is 0 Å². The Labute approximate surface area is 69.4 Å². The molecule has 0 saturated carbocycles. The van der Waals surface area contributed by atoms with Crippen LogP contribution in [-0.4, -0.2) is 11.7 Å². The molecule has 11 heavy (non-hydrogen) atoms. The van der Waals surface area contributed by atoms with Crippen LogP contribution in [0.25, 0.3) is 0 Å². The van der Waals surface area contributed by atoms with E-state index in [2.05, 4.69) is 0 Å². The fourth-order valence-corrected chi connectivity index (χ4v) is 1.35. The van der Waals surface area contributed by atoms with Gasteiger partial charge in [0.2, 0.25) is 0 Å². The van der Waals surface area contributed by atoms with Crippen molar-refractivity contribution in [2.45, 2.75) is 6.10 Å². The van der Waals surface area contributed by atoms with Crippen LogP contribution in [0, 0.1) is 0 Å². The molecule has 1 aromatic carbocycles. The molecular formula is C8H7ClO2. The maximum atomic E-state index is 9.32. The molecule has 0 aromatic heterocycles. The summed E-state index contributed by atoms with van der Waals surface area (Å²) in [4.78, 5) is 0. The molecule has 2 nitrogen and oxygen atoms in total. The van der Waals surface area contributed by atoms with Gasteiger partial charge in [0.15, 0.2) is 0 Å². The van der Waals surface area contributed by atoms with E-state index in [0.29, 0.717) is 11.6 Å². The molecule has 0 amide bonds. The van der Waals surface area contributed by atoms with Crippen LogP contribution in [0.5, 0.6) is 5.75 Å². The van der Waals surface area contributed by atoms with E-state index in [4.69, 9.17) is 16.3 Å². The summed E-state index contributed by atoms with van der Waals surface area (Å²) >= 11 is 5.72. The van der Waals surface area contributed by atoms with Gasteiger partial charge in [0.25, 0.3) is 0 Å². The maximum Gasteiger partial charge on any atom is 0.125 e. The van der Waals surface area contributed by atoms with Crippen LogP contribution >= 0.6 is 11.6 Å². The number of halogens is 1. The van der Waals surface area contributed by atoms with Crippen molar-refractivity contribution in [3.8, 4) is 5.75 Å². The molecular weight excluding hydrogens is 164 g/mol. The molecule has 0 bridgehead atoms. The molecule has 1 aliphatic heterocycles. The molecule has 58 valence electrons. The van der Waals surface area contributed by atoms with E-state index in [-0.39, 0.29) is 0 Å². The van der Waals surface area contributed by atoms with Crippen molar-refractivity contribution in [2.75, 3.05) is 6.61 Å². The molecule has 3 heteroatoms. The Bertz CT molecular complexity index is 285. The fourth-order valence-electron chi connectivity index (χ4n) is 1.17. The fraction of sp³-hybridized carbons (Fsp3) is 0.250. The number of rotatable bonds is 0. The van der Waals surface area contributed by atoms with E-state index < -0.39 is 6.10 Å². The lowest BCUT2D eigenvalue weighted by molar-refractivity contribution is 0.140. The normalized spacial score (nSPS) is 21.1. The van der Waals surface area contributed by atoms with Crippen molar-refractivity contribution in [1.82, 2.24) is 0 Å². The van der Waals surface area contributed by atoms with Crippen LogP contribution in [0.15, 0.2) is 18.2 Å². The standard InChI is InChI=1S/C8H7ClO2/c9-5-1-2-8-6(3-5)7(10)4-11-8/h1-3,7,10H,4H2/t7-/m0/s1. The van der Waals surface area contributed by atoms with Crippen LogP contribution in [0.2, 0.25) is 5.02 Å². The second kappa shape index (κ2) is 2.40. The van der Waals surface area contributed by atoms with Crippen molar-refractivity contribution >= 4 is 11.6 Å². The minimum Gasteiger partial charge on any atom is -0.490 e. The number of benzene rings is 1. The Morgan fingerprint density at radius 2 is 2.36 bits per heavy atom. The van der Waals surface area contributed by atoms with E-state index in [1.165, 1.54) is 0 Å². The third-order valence-corrected chi connectivity index (χ3v) is 1.96. The second-order valence-electron chi connectivity index (χ2n) is 2.51. The minimum absolute atomic E-state index is 0.343. The monoisotopic (exact) mass is 170 g/mol. The zero-order valence-electron chi connectivity index (χ0n) is 5.75. The molecule has 2 rings (SSSR count). The third kappa shape index (κ3) is 1.08. The number of aliphatic hydroxyl groups is 1. The first-order valence-corrected chi connectivity index (χ1v) is 3.75. The van der Waals surface area contributed by atoms with Crippen molar-refractivity contribution in [3.05, 3.63) is 28.8 Å². The average molecular weight is 171 g/mol. The predicted molar refractivity (Wildman–Crippen MR) is 41.9 cm³/mol. The Balaban J connectivity index is 2.52. The summed E-state index contributed by atoms with van der Waals surface area (Å²) in [7, 11) is 0. The molecule has 1 heterocycles. The smallest absolute Gasteiger partial charge is 0.125 e. The van der Waals surface area contributed by atoms with Crippen LogP contribution in [0.3, 0.4) is 0 Å². The van der Waals surface area contributed by atoms with E-state index in [1.807, 2.05) is 0 Å². The average Bonchev–Trinajstić information content (AvgIpc) is 2.33. The quantitative estimate of drug-likeness (QED) is 0.643. The van der Waals surface area contributed by atoms with E-state index in [9.17, 15) is 5.11 Å². The minimum atomic E-state index is -0.510. The van der Waals surface area contributed by atoms with Crippen molar-refractivity contribution in [2.24, 2.45) is 0 Å². The Morgan fingerprint density at radius 1 is 1.55 bits per heavy atom. The number of ether oxygens (including phenoxy) is 1. The first kappa shape index (κ1) is 6.95. The highest BCUT2D eigenvalue weighted by molar-refractivity contribution is 6.30. The van der Waals surface area contributed by atoms with Crippen LogP contribution < -0.4 is 4.74 Å². The molecule has 1 aliphatic rings. The highest BCUT2D eigenvalue weighted by atomic mass is 35.5. The largest absolute Gasteiger partial charge is 0.490 e. The molecule has 0 unspecified atom stereocenters. The molecule has 0 fully saturated rings. The SMILES string of the molecule is O[C@H]1COc2ccc(Cl)cc21. The van der Waals surface area contributed by atoms with Gasteiger partial charge in [-0.25, -0.2) is 0 Å². The maximum absolute atomic E-state index is 9.32. The third-order valence-electron chi connectivity index (χ3n) is 1.73. The lowest BCUT2D eigenvalue weighted by Gasteiger charge is -1.98. The van der Waals surface area contributed by atoms with E-state index in [1.54, 1.807) is 18.2 Å². The van der Waals surface area contributed by atoms with Gasteiger partial charge in [0, 0.05) is 10.6 Å². The second-order valence-corrected chi connectivity index (χ2v) is 2.95. The topological polar surface area (TPSA) is 29.5 Å². The van der Waals surface area contributed by atoms with Crippen LogP contribution in [0.1, 0.15) is 11.7 Å². The summed E-state index contributed by atoms with van der Waals surface area (Å²) in [5.41, 5.74) is 0.789. The predicted octanol–water partition coefficient (Wildman–Crippen LogP) is 1.77. The summed E-state index contributed by atoms with van der Waals surface area (Å²) in [6, 6.07) is 5.25. The first-order chi connectivity index (χ1) is 5.27. The summed E-state index contributed by atoms with van der Waals surface area (Å²) in [5.74, 6) is 0.738. The van der Waals surface area contributed by atoms with Gasteiger partial charge in [-0.2, -0.15) is 0 Å². The summed E-state index contributed by atoms with van der Waals surface area (Å²) in [6.45, 7) is 0.343. The van der Waals surface area contributed by atoms with Gasteiger partial charge in [-0.05, 0) is 18.2 Å². The number of fused-ring (bicyclic) bond motifs is 1. The zero-order chi connectivity index (χ0) is 7.84.